The van der Waals surface area contributed by atoms with Crippen LogP contribution in [0.1, 0.15) is 26.3 Å². The molecule has 0 bridgehead atoms. The lowest BCUT2D eigenvalue weighted by atomic mass is 10.2. The molecule has 96 valence electrons. The molecule has 0 atom stereocenters. The molecule has 0 unspecified atom stereocenters. The molecule has 0 saturated carbocycles. The van der Waals surface area contributed by atoms with Crippen LogP contribution in [0.25, 0.3) is 0 Å². The van der Waals surface area contributed by atoms with Gasteiger partial charge in [-0.3, -0.25) is 0 Å². The van der Waals surface area contributed by atoms with Gasteiger partial charge in [-0.25, -0.2) is 0 Å². The Balaban J connectivity index is 3.13. The van der Waals surface area contributed by atoms with E-state index < -0.39 is 8.32 Å². The SMILES string of the molecule is Cc1cc(Cl)c(O[Si](C)(C)C(C)(C)C)c(Br)c1. The molecule has 0 amide bonds. The van der Waals surface area contributed by atoms with E-state index in [9.17, 15) is 0 Å². The smallest absolute Gasteiger partial charge is 0.250 e. The minimum Gasteiger partial charge on any atom is -0.542 e. The molecule has 1 nitrogen and oxygen atoms in total. The normalized spacial score (nSPS) is 12.7. The van der Waals surface area contributed by atoms with E-state index in [4.69, 9.17) is 16.0 Å². The topological polar surface area (TPSA) is 9.23 Å². The first-order chi connectivity index (χ1) is 7.54. The van der Waals surface area contributed by atoms with Gasteiger partial charge in [-0.1, -0.05) is 32.4 Å². The van der Waals surface area contributed by atoms with Crippen LogP contribution in [0.5, 0.6) is 5.75 Å². The first-order valence-corrected chi connectivity index (χ1v) is 9.77. The van der Waals surface area contributed by atoms with Crippen molar-refractivity contribution in [3.8, 4) is 5.75 Å². The molecule has 0 aliphatic heterocycles. The van der Waals surface area contributed by atoms with Crippen LogP contribution < -0.4 is 4.43 Å². The summed E-state index contributed by atoms with van der Waals surface area (Å²) in [4.78, 5) is 0. The number of benzene rings is 1. The van der Waals surface area contributed by atoms with Gasteiger partial charge in [-0.2, -0.15) is 0 Å². The average molecular weight is 336 g/mol. The van der Waals surface area contributed by atoms with E-state index in [1.807, 2.05) is 19.1 Å². The molecule has 1 rings (SSSR count). The number of hydrogen-bond acceptors (Lipinski definition) is 1. The van der Waals surface area contributed by atoms with E-state index in [1.165, 1.54) is 0 Å². The van der Waals surface area contributed by atoms with Gasteiger partial charge in [0.15, 0.2) is 0 Å². The van der Waals surface area contributed by atoms with E-state index in [-0.39, 0.29) is 5.04 Å². The average Bonchev–Trinajstić information content (AvgIpc) is 2.09. The van der Waals surface area contributed by atoms with Crippen LogP contribution in [-0.4, -0.2) is 8.32 Å². The molecule has 0 aliphatic carbocycles. The van der Waals surface area contributed by atoms with Gasteiger partial charge in [0.1, 0.15) is 5.75 Å². The molecular weight excluding hydrogens is 316 g/mol. The molecule has 0 spiro atoms. The number of halogens is 2. The van der Waals surface area contributed by atoms with Gasteiger partial charge in [-0.05, 0) is 58.7 Å². The summed E-state index contributed by atoms with van der Waals surface area (Å²) < 4.78 is 7.18. The molecule has 1 aromatic rings. The van der Waals surface area contributed by atoms with Crippen LogP contribution in [0.15, 0.2) is 16.6 Å². The molecule has 0 N–H and O–H groups in total. The van der Waals surface area contributed by atoms with Gasteiger partial charge in [0.25, 0.3) is 8.32 Å². The molecule has 0 aromatic heterocycles. The highest BCUT2D eigenvalue weighted by atomic mass is 79.9. The van der Waals surface area contributed by atoms with Crippen molar-refractivity contribution in [3.05, 3.63) is 27.2 Å². The highest BCUT2D eigenvalue weighted by Crippen LogP contribution is 2.42. The van der Waals surface area contributed by atoms with Crippen LogP contribution in [0.4, 0.5) is 0 Å². The highest BCUT2D eigenvalue weighted by Gasteiger charge is 2.39. The Bertz CT molecular complexity index is 401. The van der Waals surface area contributed by atoms with Crippen LogP contribution in [0, 0.1) is 6.92 Å². The van der Waals surface area contributed by atoms with Gasteiger partial charge in [0, 0.05) is 0 Å². The van der Waals surface area contributed by atoms with Crippen LogP contribution in [-0.2, 0) is 0 Å². The van der Waals surface area contributed by atoms with Gasteiger partial charge in [0.05, 0.1) is 9.50 Å². The zero-order chi connectivity index (χ0) is 13.4. The fourth-order valence-corrected chi connectivity index (χ4v) is 3.53. The van der Waals surface area contributed by atoms with Crippen molar-refractivity contribution in [1.82, 2.24) is 0 Å². The summed E-state index contributed by atoms with van der Waals surface area (Å²) in [5.41, 5.74) is 1.13. The quantitative estimate of drug-likeness (QED) is 0.621. The largest absolute Gasteiger partial charge is 0.542 e. The third-order valence-corrected chi connectivity index (χ3v) is 8.50. The van der Waals surface area contributed by atoms with Crippen molar-refractivity contribution in [1.29, 1.82) is 0 Å². The van der Waals surface area contributed by atoms with Crippen molar-refractivity contribution in [2.24, 2.45) is 0 Å². The monoisotopic (exact) mass is 334 g/mol. The second kappa shape index (κ2) is 4.94. The minimum atomic E-state index is -1.84. The zero-order valence-corrected chi connectivity index (χ0v) is 14.7. The maximum Gasteiger partial charge on any atom is 0.250 e. The molecule has 0 heterocycles. The van der Waals surface area contributed by atoms with E-state index >= 15 is 0 Å². The Labute approximate surface area is 119 Å². The fourth-order valence-electron chi connectivity index (χ4n) is 1.19. The highest BCUT2D eigenvalue weighted by molar-refractivity contribution is 9.10. The summed E-state index contributed by atoms with van der Waals surface area (Å²) in [6.07, 6.45) is 0. The van der Waals surface area contributed by atoms with Crippen LogP contribution in [0.2, 0.25) is 23.2 Å². The molecule has 1 aromatic carbocycles. The molecule has 0 fully saturated rings. The molecular formula is C13H20BrClOSi. The van der Waals surface area contributed by atoms with E-state index in [1.54, 1.807) is 0 Å². The van der Waals surface area contributed by atoms with Gasteiger partial charge >= 0.3 is 0 Å². The molecule has 0 aliphatic rings. The maximum absolute atomic E-state index is 6.26. The first-order valence-electron chi connectivity index (χ1n) is 5.69. The third kappa shape index (κ3) is 3.49. The molecule has 0 radical (unpaired) electrons. The molecule has 0 saturated heterocycles. The van der Waals surface area contributed by atoms with Crippen LogP contribution >= 0.6 is 27.5 Å². The summed E-state index contributed by atoms with van der Waals surface area (Å²) in [6, 6.07) is 3.98. The summed E-state index contributed by atoms with van der Waals surface area (Å²) in [6.45, 7) is 13.1. The second-order valence-corrected chi connectivity index (χ2v) is 11.9. The Kier molecular flexibility index (Phi) is 4.38. The Morgan fingerprint density at radius 1 is 1.24 bits per heavy atom. The van der Waals surface area contributed by atoms with E-state index in [0.29, 0.717) is 5.02 Å². The van der Waals surface area contributed by atoms with Crippen molar-refractivity contribution in [2.75, 3.05) is 0 Å². The predicted octanol–water partition coefficient (Wildman–Crippen LogP) is 5.79. The van der Waals surface area contributed by atoms with Gasteiger partial charge < -0.3 is 4.43 Å². The number of rotatable bonds is 2. The fraction of sp³-hybridized carbons (Fsp3) is 0.538. The summed E-state index contributed by atoms with van der Waals surface area (Å²) >= 11 is 9.79. The molecule has 17 heavy (non-hydrogen) atoms. The van der Waals surface area contributed by atoms with Crippen molar-refractivity contribution < 1.29 is 4.43 Å². The number of hydrogen-bond donors (Lipinski definition) is 0. The van der Waals surface area contributed by atoms with Crippen molar-refractivity contribution >= 4 is 35.8 Å². The maximum atomic E-state index is 6.26. The Hall–Kier alpha value is 0.00688. The Morgan fingerprint density at radius 2 is 1.76 bits per heavy atom. The molecule has 4 heteroatoms. The first kappa shape index (κ1) is 15.1. The minimum absolute atomic E-state index is 0.167. The van der Waals surface area contributed by atoms with Crippen LogP contribution in [0.3, 0.4) is 0 Å². The van der Waals surface area contributed by atoms with Gasteiger partial charge in [-0.15, -0.1) is 0 Å². The van der Waals surface area contributed by atoms with Crippen molar-refractivity contribution in [2.45, 2.75) is 45.8 Å². The zero-order valence-electron chi connectivity index (χ0n) is 11.3. The summed E-state index contributed by atoms with van der Waals surface area (Å²) in [7, 11) is -1.84. The lowest BCUT2D eigenvalue weighted by Crippen LogP contribution is -2.44. The standard InChI is InChI=1S/C13H20BrClOSi/c1-9-7-10(14)12(11(15)8-9)16-17(5,6)13(2,3)4/h7-8H,1-6H3. The van der Waals surface area contributed by atoms with E-state index in [2.05, 4.69) is 49.8 Å². The second-order valence-electron chi connectivity index (χ2n) is 5.92. The van der Waals surface area contributed by atoms with E-state index in [0.717, 1.165) is 15.8 Å². The van der Waals surface area contributed by atoms with Gasteiger partial charge in [0.2, 0.25) is 0 Å². The third-order valence-electron chi connectivity index (χ3n) is 3.31. The summed E-state index contributed by atoms with van der Waals surface area (Å²) in [5.74, 6) is 0.781. The Morgan fingerprint density at radius 3 is 2.18 bits per heavy atom. The lowest BCUT2D eigenvalue weighted by Gasteiger charge is -2.37. The number of aryl methyl sites for hydroxylation is 1. The summed E-state index contributed by atoms with van der Waals surface area (Å²) in [5, 5.41) is 0.849. The lowest BCUT2D eigenvalue weighted by molar-refractivity contribution is 0.490. The predicted molar refractivity (Wildman–Crippen MR) is 81.7 cm³/mol. The van der Waals surface area contributed by atoms with Crippen molar-refractivity contribution in [3.63, 3.8) is 0 Å².